The maximum atomic E-state index is 5.99. The third-order valence-corrected chi connectivity index (χ3v) is 3.50. The Morgan fingerprint density at radius 3 is 2.35 bits per heavy atom. The lowest BCUT2D eigenvalue weighted by molar-refractivity contribution is -0.00461. The molecule has 1 fully saturated rings. The molecule has 0 spiro atoms. The zero-order valence-electron chi connectivity index (χ0n) is 10.2. The van der Waals surface area contributed by atoms with Crippen LogP contribution < -0.4 is 4.90 Å². The molecule has 1 aliphatic rings. The minimum absolute atomic E-state index is 0.0631. The molecule has 0 bridgehead atoms. The number of hydrogen-bond donors (Lipinski definition) is 0. The second-order valence-corrected chi connectivity index (χ2v) is 4.42. The molecule has 2 heterocycles. The summed E-state index contributed by atoms with van der Waals surface area (Å²) < 4.78 is 10.8. The third-order valence-electron chi connectivity index (χ3n) is 3.12. The van der Waals surface area contributed by atoms with Crippen LogP contribution in [0.2, 0.25) is 5.15 Å². The van der Waals surface area contributed by atoms with Crippen LogP contribution in [-0.4, -0.2) is 49.5 Å². The summed E-state index contributed by atoms with van der Waals surface area (Å²) in [6.07, 6.45) is 1.60. The summed E-state index contributed by atoms with van der Waals surface area (Å²) in [5, 5.41) is 0.491. The maximum absolute atomic E-state index is 5.99. The van der Waals surface area contributed by atoms with E-state index in [-0.39, 0.29) is 12.2 Å². The number of rotatable bonds is 3. The molecule has 0 amide bonds. The molecule has 2 atom stereocenters. The molecule has 2 unspecified atom stereocenters. The van der Waals surface area contributed by atoms with Gasteiger partial charge in [0.15, 0.2) is 0 Å². The maximum Gasteiger partial charge on any atom is 0.137 e. The first-order valence-corrected chi connectivity index (χ1v) is 5.82. The van der Waals surface area contributed by atoms with Gasteiger partial charge in [-0.05, 0) is 6.92 Å². The lowest BCUT2D eigenvalue weighted by Gasteiger charge is -2.18. The Morgan fingerprint density at radius 1 is 1.24 bits per heavy atom. The zero-order chi connectivity index (χ0) is 12.4. The quantitative estimate of drug-likeness (QED) is 0.764. The van der Waals surface area contributed by atoms with E-state index in [1.54, 1.807) is 14.2 Å². The van der Waals surface area contributed by atoms with Gasteiger partial charge in [-0.25, -0.2) is 9.97 Å². The number of aromatic nitrogens is 2. The molecule has 1 saturated heterocycles. The molecule has 0 radical (unpaired) electrons. The molecule has 1 aromatic heterocycles. The van der Waals surface area contributed by atoms with Crippen LogP contribution in [0, 0.1) is 6.92 Å². The van der Waals surface area contributed by atoms with Crippen LogP contribution in [0.3, 0.4) is 0 Å². The van der Waals surface area contributed by atoms with Gasteiger partial charge in [0.05, 0.1) is 0 Å². The van der Waals surface area contributed by atoms with Gasteiger partial charge in [0.2, 0.25) is 0 Å². The number of hydrogen-bond acceptors (Lipinski definition) is 5. The fraction of sp³-hybridized carbons (Fsp3) is 0.636. The first-order valence-electron chi connectivity index (χ1n) is 5.45. The Balaban J connectivity index is 2.22. The van der Waals surface area contributed by atoms with E-state index >= 15 is 0 Å². The number of anilines is 1. The summed E-state index contributed by atoms with van der Waals surface area (Å²) in [5.41, 5.74) is 0.890. The van der Waals surface area contributed by atoms with Crippen LogP contribution in [0.1, 0.15) is 5.56 Å². The monoisotopic (exact) mass is 257 g/mol. The highest BCUT2D eigenvalue weighted by Crippen LogP contribution is 2.26. The Bertz CT molecular complexity index is 390. The number of ether oxygens (including phenoxy) is 2. The van der Waals surface area contributed by atoms with Crippen molar-refractivity contribution in [2.75, 3.05) is 32.2 Å². The van der Waals surface area contributed by atoms with Crippen molar-refractivity contribution in [3.63, 3.8) is 0 Å². The standard InChI is InChI=1S/C11H16ClN3O2/c1-7-10(12)13-6-14-11(7)15-4-8(16-2)9(5-15)17-3/h6,8-9H,4-5H2,1-3H3. The molecule has 0 aliphatic carbocycles. The molecule has 1 aromatic rings. The van der Waals surface area contributed by atoms with Crippen LogP contribution in [0.4, 0.5) is 5.82 Å². The Morgan fingerprint density at radius 2 is 1.82 bits per heavy atom. The number of nitrogens with zero attached hydrogens (tertiary/aromatic N) is 3. The fourth-order valence-corrected chi connectivity index (χ4v) is 2.24. The smallest absolute Gasteiger partial charge is 0.137 e. The lowest BCUT2D eigenvalue weighted by Crippen LogP contribution is -2.27. The normalized spacial score (nSPS) is 24.4. The van der Waals surface area contributed by atoms with Crippen LogP contribution in [-0.2, 0) is 9.47 Å². The van der Waals surface area contributed by atoms with E-state index in [9.17, 15) is 0 Å². The van der Waals surface area contributed by atoms with Gasteiger partial charge in [0.25, 0.3) is 0 Å². The van der Waals surface area contributed by atoms with Crippen LogP contribution >= 0.6 is 11.6 Å². The van der Waals surface area contributed by atoms with E-state index in [0.29, 0.717) is 5.15 Å². The Hall–Kier alpha value is -0.910. The van der Waals surface area contributed by atoms with E-state index in [1.165, 1.54) is 6.33 Å². The van der Waals surface area contributed by atoms with Gasteiger partial charge in [-0.3, -0.25) is 0 Å². The number of methoxy groups -OCH3 is 2. The lowest BCUT2D eigenvalue weighted by atomic mass is 10.3. The molecule has 17 heavy (non-hydrogen) atoms. The van der Waals surface area contributed by atoms with E-state index < -0.39 is 0 Å². The summed E-state index contributed by atoms with van der Waals surface area (Å²) in [6, 6.07) is 0. The summed E-state index contributed by atoms with van der Waals surface area (Å²) in [5.74, 6) is 0.853. The topological polar surface area (TPSA) is 47.5 Å². The third kappa shape index (κ3) is 2.36. The zero-order valence-corrected chi connectivity index (χ0v) is 10.9. The molecule has 5 nitrogen and oxygen atoms in total. The molecular weight excluding hydrogens is 242 g/mol. The summed E-state index contributed by atoms with van der Waals surface area (Å²) in [4.78, 5) is 10.3. The fourth-order valence-electron chi connectivity index (χ4n) is 2.11. The van der Waals surface area contributed by atoms with Gasteiger partial charge < -0.3 is 14.4 Å². The molecule has 94 valence electrons. The molecule has 0 N–H and O–H groups in total. The minimum atomic E-state index is 0.0631. The van der Waals surface area contributed by atoms with Crippen LogP contribution in [0.15, 0.2) is 6.33 Å². The van der Waals surface area contributed by atoms with Crippen molar-refractivity contribution >= 4 is 17.4 Å². The Kier molecular flexibility index (Phi) is 3.81. The van der Waals surface area contributed by atoms with Crippen molar-refractivity contribution < 1.29 is 9.47 Å². The van der Waals surface area contributed by atoms with Crippen molar-refractivity contribution in [2.45, 2.75) is 19.1 Å². The number of halogens is 1. The molecule has 0 saturated carbocycles. The van der Waals surface area contributed by atoms with E-state index in [4.69, 9.17) is 21.1 Å². The highest BCUT2D eigenvalue weighted by atomic mass is 35.5. The average Bonchev–Trinajstić information content (AvgIpc) is 2.75. The van der Waals surface area contributed by atoms with Crippen molar-refractivity contribution in [3.8, 4) is 0 Å². The molecule has 1 aliphatic heterocycles. The van der Waals surface area contributed by atoms with Gasteiger partial charge in [0, 0.05) is 32.9 Å². The first kappa shape index (κ1) is 12.5. The Labute approximate surface area is 106 Å². The highest BCUT2D eigenvalue weighted by Gasteiger charge is 2.34. The largest absolute Gasteiger partial charge is 0.377 e. The predicted octanol–water partition coefficient (Wildman–Crippen LogP) is 1.29. The van der Waals surface area contributed by atoms with Gasteiger partial charge in [-0.1, -0.05) is 11.6 Å². The van der Waals surface area contributed by atoms with Gasteiger partial charge in [0.1, 0.15) is 29.5 Å². The van der Waals surface area contributed by atoms with Crippen LogP contribution in [0.5, 0.6) is 0 Å². The van der Waals surface area contributed by atoms with E-state index in [2.05, 4.69) is 14.9 Å². The van der Waals surface area contributed by atoms with E-state index in [0.717, 1.165) is 24.5 Å². The average molecular weight is 258 g/mol. The minimum Gasteiger partial charge on any atom is -0.377 e. The van der Waals surface area contributed by atoms with Crippen molar-refractivity contribution in [3.05, 3.63) is 17.0 Å². The molecule has 6 heteroatoms. The summed E-state index contributed by atoms with van der Waals surface area (Å²) in [7, 11) is 3.39. The van der Waals surface area contributed by atoms with Gasteiger partial charge >= 0.3 is 0 Å². The summed E-state index contributed by atoms with van der Waals surface area (Å²) >= 11 is 5.99. The summed E-state index contributed by atoms with van der Waals surface area (Å²) in [6.45, 7) is 3.42. The molecule has 0 aromatic carbocycles. The second-order valence-electron chi connectivity index (χ2n) is 4.07. The van der Waals surface area contributed by atoms with Crippen LogP contribution in [0.25, 0.3) is 0 Å². The molecule has 2 rings (SSSR count). The molecular formula is C11H16ClN3O2. The first-order chi connectivity index (χ1) is 8.17. The second kappa shape index (κ2) is 5.16. The predicted molar refractivity (Wildman–Crippen MR) is 65.6 cm³/mol. The van der Waals surface area contributed by atoms with E-state index in [1.807, 2.05) is 6.92 Å². The highest BCUT2D eigenvalue weighted by molar-refractivity contribution is 6.30. The van der Waals surface area contributed by atoms with Crippen molar-refractivity contribution in [2.24, 2.45) is 0 Å². The van der Waals surface area contributed by atoms with Gasteiger partial charge in [-0.2, -0.15) is 0 Å². The SMILES string of the molecule is COC1CN(c2ncnc(Cl)c2C)CC1OC. The van der Waals surface area contributed by atoms with Crippen molar-refractivity contribution in [1.82, 2.24) is 9.97 Å². The van der Waals surface area contributed by atoms with Gasteiger partial charge in [-0.15, -0.1) is 0 Å². The van der Waals surface area contributed by atoms with Crippen molar-refractivity contribution in [1.29, 1.82) is 0 Å².